The molecule has 0 saturated heterocycles. The Morgan fingerprint density at radius 1 is 0.410 bits per heavy atom. The third-order valence-electron chi connectivity index (χ3n) is 12.0. The molecule has 0 amide bonds. The van der Waals surface area contributed by atoms with E-state index >= 15 is 0 Å². The fourth-order valence-electron chi connectivity index (χ4n) is 8.15. The highest BCUT2D eigenvalue weighted by atomic mass is 28.3. The van der Waals surface area contributed by atoms with Crippen molar-refractivity contribution in [2.45, 2.75) is 98.2 Å². The number of hydrogen-bond donors (Lipinski definition) is 0. The van der Waals surface area contributed by atoms with Gasteiger partial charge in [0.15, 0.2) is 0 Å². The standard InChI is InChI=1S/C57H61N3Si/c1-55(2,3)43-32-42(33-44(34-43)56(4,5)6)54-59-53-47(27-20-28-52(53)60(54)51-30-29-46(61(10,11)12)37-48(51)39-23-17-14-18-24-39)50-36-45(57(7,8)9)35-49(58-50)41-26-19-25-40(31-41)38-21-15-13-16-22-38/h13-37H,1-12H3. The van der Waals surface area contributed by atoms with Crippen LogP contribution in [0, 0.1) is 0 Å². The minimum absolute atomic E-state index is 0.0578. The van der Waals surface area contributed by atoms with Crippen LogP contribution in [0.3, 0.4) is 0 Å². The van der Waals surface area contributed by atoms with Crippen LogP contribution in [0.4, 0.5) is 0 Å². The summed E-state index contributed by atoms with van der Waals surface area (Å²) in [5.74, 6) is 0.930. The molecule has 0 atom stereocenters. The van der Waals surface area contributed by atoms with E-state index in [-0.39, 0.29) is 16.2 Å². The average Bonchev–Trinajstić information content (AvgIpc) is 3.62. The van der Waals surface area contributed by atoms with Crippen molar-refractivity contribution in [2.24, 2.45) is 0 Å². The van der Waals surface area contributed by atoms with Gasteiger partial charge in [-0.1, -0.05) is 196 Å². The van der Waals surface area contributed by atoms with E-state index in [9.17, 15) is 0 Å². The van der Waals surface area contributed by atoms with Gasteiger partial charge in [-0.15, -0.1) is 0 Å². The first kappa shape index (κ1) is 41.9. The van der Waals surface area contributed by atoms with Crippen molar-refractivity contribution in [3.05, 3.63) is 168 Å². The highest BCUT2D eigenvalue weighted by Gasteiger charge is 2.27. The zero-order chi connectivity index (χ0) is 43.5. The van der Waals surface area contributed by atoms with Gasteiger partial charge in [-0.25, -0.2) is 9.97 Å². The zero-order valence-electron chi connectivity index (χ0n) is 38.3. The Kier molecular flexibility index (Phi) is 10.7. The molecule has 0 radical (unpaired) electrons. The summed E-state index contributed by atoms with van der Waals surface area (Å²) >= 11 is 0. The van der Waals surface area contributed by atoms with E-state index in [1.54, 1.807) is 0 Å². The molecule has 4 heteroatoms. The Morgan fingerprint density at radius 2 is 0.951 bits per heavy atom. The lowest BCUT2D eigenvalue weighted by atomic mass is 9.79. The number of para-hydroxylation sites is 1. The van der Waals surface area contributed by atoms with Gasteiger partial charge in [-0.05, 0) is 92.1 Å². The van der Waals surface area contributed by atoms with Crippen molar-refractivity contribution in [1.29, 1.82) is 0 Å². The molecule has 2 heterocycles. The van der Waals surface area contributed by atoms with Crippen LogP contribution in [-0.2, 0) is 16.2 Å². The molecule has 8 rings (SSSR count). The summed E-state index contributed by atoms with van der Waals surface area (Å²) < 4.78 is 2.43. The van der Waals surface area contributed by atoms with E-state index in [0.29, 0.717) is 0 Å². The molecule has 0 bridgehead atoms. The molecule has 3 nitrogen and oxygen atoms in total. The van der Waals surface area contributed by atoms with Crippen molar-refractivity contribution >= 4 is 24.3 Å². The van der Waals surface area contributed by atoms with E-state index in [4.69, 9.17) is 9.97 Å². The van der Waals surface area contributed by atoms with Gasteiger partial charge < -0.3 is 0 Å². The van der Waals surface area contributed by atoms with Crippen LogP contribution in [-0.4, -0.2) is 22.6 Å². The summed E-state index contributed by atoms with van der Waals surface area (Å²) in [5, 5.41) is 1.43. The summed E-state index contributed by atoms with van der Waals surface area (Å²) in [5.41, 5.74) is 16.6. The lowest BCUT2D eigenvalue weighted by Crippen LogP contribution is -2.37. The second kappa shape index (κ2) is 15.6. The molecule has 0 aliphatic heterocycles. The Balaban J connectivity index is 1.45. The van der Waals surface area contributed by atoms with Gasteiger partial charge in [-0.2, -0.15) is 0 Å². The minimum atomic E-state index is -1.66. The van der Waals surface area contributed by atoms with E-state index < -0.39 is 8.07 Å². The summed E-state index contributed by atoms with van der Waals surface area (Å²) in [4.78, 5) is 11.3. The number of benzene rings is 6. The summed E-state index contributed by atoms with van der Waals surface area (Å²) in [7, 11) is -1.66. The van der Waals surface area contributed by atoms with Crippen molar-refractivity contribution < 1.29 is 0 Å². The maximum absolute atomic E-state index is 5.77. The average molecular weight is 816 g/mol. The summed E-state index contributed by atoms with van der Waals surface area (Å²) in [6.45, 7) is 28.0. The van der Waals surface area contributed by atoms with Crippen LogP contribution in [0.5, 0.6) is 0 Å². The number of imidazole rings is 1. The lowest BCUT2D eigenvalue weighted by Gasteiger charge is -2.26. The zero-order valence-corrected chi connectivity index (χ0v) is 39.3. The van der Waals surface area contributed by atoms with Crippen LogP contribution in [0.15, 0.2) is 152 Å². The fourth-order valence-corrected chi connectivity index (χ4v) is 9.31. The molecule has 0 unspecified atom stereocenters. The van der Waals surface area contributed by atoms with E-state index in [2.05, 4.69) is 238 Å². The molecule has 0 aliphatic carbocycles. The predicted molar refractivity (Wildman–Crippen MR) is 265 cm³/mol. The van der Waals surface area contributed by atoms with Crippen molar-refractivity contribution in [2.75, 3.05) is 0 Å². The van der Waals surface area contributed by atoms with Crippen LogP contribution in [0.2, 0.25) is 19.6 Å². The van der Waals surface area contributed by atoms with Crippen LogP contribution >= 0.6 is 0 Å². The van der Waals surface area contributed by atoms with Gasteiger partial charge in [0.25, 0.3) is 0 Å². The first-order valence-corrected chi connectivity index (χ1v) is 25.3. The fraction of sp³-hybridized carbons (Fsp3) is 0.263. The van der Waals surface area contributed by atoms with Gasteiger partial charge >= 0.3 is 0 Å². The smallest absolute Gasteiger partial charge is 0.145 e. The highest BCUT2D eigenvalue weighted by molar-refractivity contribution is 6.88. The van der Waals surface area contributed by atoms with Crippen LogP contribution in [0.1, 0.15) is 79.0 Å². The Morgan fingerprint density at radius 3 is 1.56 bits per heavy atom. The van der Waals surface area contributed by atoms with Crippen molar-refractivity contribution in [3.63, 3.8) is 0 Å². The lowest BCUT2D eigenvalue weighted by molar-refractivity contribution is 0.569. The Labute approximate surface area is 365 Å². The first-order valence-electron chi connectivity index (χ1n) is 21.8. The van der Waals surface area contributed by atoms with Gasteiger partial charge in [-0.3, -0.25) is 4.57 Å². The minimum Gasteiger partial charge on any atom is -0.292 e. The summed E-state index contributed by atoms with van der Waals surface area (Å²) in [6, 6.07) is 55.8. The largest absolute Gasteiger partial charge is 0.292 e. The molecular weight excluding hydrogens is 755 g/mol. The predicted octanol–water partition coefficient (Wildman–Crippen LogP) is 15.2. The Bertz CT molecular complexity index is 2840. The molecular formula is C57H61N3Si. The maximum atomic E-state index is 5.77. The van der Waals surface area contributed by atoms with Gasteiger partial charge in [0.05, 0.1) is 36.2 Å². The number of hydrogen-bond acceptors (Lipinski definition) is 2. The third kappa shape index (κ3) is 8.56. The number of rotatable bonds is 7. The first-order chi connectivity index (χ1) is 28.8. The SMILES string of the molecule is CC(C)(C)c1cc(-c2nc3c(-c4cc(C(C)(C)C)cc(-c5cccc(-c6ccccc6)c5)n4)cccc3n2-c2ccc([Si](C)(C)C)cc2-c2ccccc2)cc(C(C)(C)C)c1. The molecule has 0 aliphatic rings. The number of fused-ring (bicyclic) bond motifs is 1. The highest BCUT2D eigenvalue weighted by Crippen LogP contribution is 2.41. The molecule has 0 saturated carbocycles. The Hall–Kier alpha value is -5.84. The molecule has 0 N–H and O–H groups in total. The molecule has 61 heavy (non-hydrogen) atoms. The monoisotopic (exact) mass is 815 g/mol. The second-order valence-corrected chi connectivity index (χ2v) is 26.0. The van der Waals surface area contributed by atoms with Crippen molar-refractivity contribution in [3.8, 4) is 61.8 Å². The molecule has 0 fully saturated rings. The second-order valence-electron chi connectivity index (χ2n) is 20.9. The topological polar surface area (TPSA) is 30.7 Å². The number of nitrogens with zero attached hydrogens (tertiary/aromatic N) is 3. The number of aromatic nitrogens is 3. The van der Waals surface area contributed by atoms with E-state index in [1.807, 2.05) is 0 Å². The van der Waals surface area contributed by atoms with E-state index in [0.717, 1.165) is 50.6 Å². The van der Waals surface area contributed by atoms with E-state index in [1.165, 1.54) is 44.1 Å². The van der Waals surface area contributed by atoms with Gasteiger partial charge in [0.2, 0.25) is 0 Å². The maximum Gasteiger partial charge on any atom is 0.145 e. The molecule has 2 aromatic heterocycles. The number of pyridine rings is 1. The quantitative estimate of drug-likeness (QED) is 0.150. The molecule has 6 aromatic carbocycles. The van der Waals surface area contributed by atoms with Gasteiger partial charge in [0, 0.05) is 22.3 Å². The van der Waals surface area contributed by atoms with Gasteiger partial charge in [0.1, 0.15) is 5.82 Å². The molecule has 0 spiro atoms. The normalized spacial score (nSPS) is 12.6. The van der Waals surface area contributed by atoms with Crippen LogP contribution in [0.25, 0.3) is 72.9 Å². The van der Waals surface area contributed by atoms with Crippen LogP contribution < -0.4 is 5.19 Å². The van der Waals surface area contributed by atoms with Crippen molar-refractivity contribution in [1.82, 2.24) is 14.5 Å². The third-order valence-corrected chi connectivity index (χ3v) is 14.1. The molecule has 308 valence electrons. The summed E-state index contributed by atoms with van der Waals surface area (Å²) in [6.07, 6.45) is 0. The molecule has 8 aromatic rings.